The third-order valence-electron chi connectivity index (χ3n) is 5.14. The molecule has 1 fully saturated rings. The van der Waals surface area contributed by atoms with Crippen LogP contribution in [0.15, 0.2) is 48.5 Å². The van der Waals surface area contributed by atoms with E-state index < -0.39 is 0 Å². The molecule has 7 heteroatoms. The van der Waals surface area contributed by atoms with Gasteiger partial charge in [0.2, 0.25) is 0 Å². The topological polar surface area (TPSA) is 74.7 Å². The van der Waals surface area contributed by atoms with E-state index in [-0.39, 0.29) is 5.91 Å². The van der Waals surface area contributed by atoms with Crippen LogP contribution in [-0.4, -0.2) is 43.6 Å². The number of anilines is 1. The Kier molecular flexibility index (Phi) is 5.63. The maximum absolute atomic E-state index is 12.4. The molecule has 1 aromatic heterocycles. The van der Waals surface area contributed by atoms with Gasteiger partial charge in [0, 0.05) is 0 Å². The van der Waals surface area contributed by atoms with Gasteiger partial charge in [-0.15, -0.1) is 11.3 Å². The molecular weight excluding hydrogens is 370 g/mol. The highest BCUT2D eigenvalue weighted by Crippen LogP contribution is 2.20. The minimum atomic E-state index is -0.0349. The minimum absolute atomic E-state index is 0.0349. The van der Waals surface area contributed by atoms with Gasteiger partial charge in [0.15, 0.2) is 6.54 Å². The summed E-state index contributed by atoms with van der Waals surface area (Å²) in [5, 5.41) is 13.2. The minimum Gasteiger partial charge on any atom is -0.320 e. The van der Waals surface area contributed by atoms with Gasteiger partial charge in [-0.3, -0.25) is 4.79 Å². The first-order chi connectivity index (χ1) is 13.7. The summed E-state index contributed by atoms with van der Waals surface area (Å²) in [4.78, 5) is 19.9. The molecule has 4 rings (SSSR count). The van der Waals surface area contributed by atoms with E-state index in [0.29, 0.717) is 17.8 Å². The molecule has 1 saturated heterocycles. The van der Waals surface area contributed by atoms with Gasteiger partial charge in [0.25, 0.3) is 5.91 Å². The number of piperazine rings is 1. The van der Waals surface area contributed by atoms with Crippen LogP contribution in [0.4, 0.5) is 5.69 Å². The molecule has 28 heavy (non-hydrogen) atoms. The lowest BCUT2D eigenvalue weighted by atomic mass is 10.2. The van der Waals surface area contributed by atoms with E-state index in [2.05, 4.69) is 29.6 Å². The summed E-state index contributed by atoms with van der Waals surface area (Å²) in [5.41, 5.74) is 2.17. The van der Waals surface area contributed by atoms with E-state index >= 15 is 0 Å². The number of quaternary nitrogens is 2. The van der Waals surface area contributed by atoms with Crippen molar-refractivity contribution in [1.82, 2.24) is 4.98 Å². The van der Waals surface area contributed by atoms with Crippen molar-refractivity contribution in [3.8, 4) is 6.07 Å². The maximum Gasteiger partial charge on any atom is 0.279 e. The molecule has 2 aromatic carbocycles. The number of carbonyl (C=O) groups is 1. The summed E-state index contributed by atoms with van der Waals surface area (Å²) in [7, 11) is 0. The van der Waals surface area contributed by atoms with Crippen LogP contribution in [0.3, 0.4) is 0 Å². The number of thiazole rings is 1. The van der Waals surface area contributed by atoms with E-state index in [1.807, 2.05) is 12.1 Å². The smallest absolute Gasteiger partial charge is 0.279 e. The van der Waals surface area contributed by atoms with Crippen molar-refractivity contribution >= 4 is 33.1 Å². The largest absolute Gasteiger partial charge is 0.320 e. The number of hydrogen-bond donors (Lipinski definition) is 3. The van der Waals surface area contributed by atoms with Crippen molar-refractivity contribution in [2.45, 2.75) is 6.54 Å². The Hall–Kier alpha value is -2.79. The fourth-order valence-corrected chi connectivity index (χ4v) is 4.67. The van der Waals surface area contributed by atoms with Crippen molar-refractivity contribution in [3.05, 3.63) is 59.1 Å². The molecular formula is C21H23N5OS+2. The predicted molar refractivity (Wildman–Crippen MR) is 109 cm³/mol. The number of rotatable bonds is 5. The van der Waals surface area contributed by atoms with Crippen molar-refractivity contribution in [2.24, 2.45) is 0 Å². The molecule has 142 valence electrons. The molecule has 0 spiro atoms. The van der Waals surface area contributed by atoms with Gasteiger partial charge in [0.05, 0.1) is 21.5 Å². The van der Waals surface area contributed by atoms with Gasteiger partial charge in [-0.2, -0.15) is 5.26 Å². The number of hydrogen-bond acceptors (Lipinski definition) is 4. The second-order valence-electron chi connectivity index (χ2n) is 7.13. The highest BCUT2D eigenvalue weighted by Gasteiger charge is 2.25. The standard InChI is InChI=1S/C21H21N5OS/c22-13-16-5-1-2-6-17(16)23-20(27)14-25-9-11-26(12-10-25)15-21-24-18-7-3-4-8-19(18)28-21/h1-8H,9-12,14-15H2,(H,23,27)/p+2. The molecule has 3 N–H and O–H groups in total. The summed E-state index contributed by atoms with van der Waals surface area (Å²) in [5.74, 6) is -0.0349. The van der Waals surface area contributed by atoms with E-state index in [9.17, 15) is 4.79 Å². The highest BCUT2D eigenvalue weighted by atomic mass is 32.1. The normalized spacial score (nSPS) is 19.2. The molecule has 0 radical (unpaired) electrons. The average Bonchev–Trinajstić information content (AvgIpc) is 3.12. The number of nitrogens with one attached hydrogen (secondary N) is 3. The summed E-state index contributed by atoms with van der Waals surface area (Å²) >= 11 is 1.78. The zero-order valence-electron chi connectivity index (χ0n) is 15.6. The monoisotopic (exact) mass is 393 g/mol. The van der Waals surface area contributed by atoms with Gasteiger partial charge in [-0.1, -0.05) is 24.3 Å². The Bertz CT molecular complexity index is 984. The summed E-state index contributed by atoms with van der Waals surface area (Å²) < 4.78 is 1.25. The SMILES string of the molecule is N#Cc1ccccc1NC(=O)C[NH+]1CC[NH+](Cc2nc3ccccc3s2)CC1. The first kappa shape index (κ1) is 18.6. The Labute approximate surface area is 168 Å². The second-order valence-corrected chi connectivity index (χ2v) is 8.25. The van der Waals surface area contributed by atoms with Gasteiger partial charge in [-0.05, 0) is 24.3 Å². The van der Waals surface area contributed by atoms with E-state index in [1.54, 1.807) is 29.5 Å². The molecule has 0 aliphatic carbocycles. The molecule has 1 aliphatic heterocycles. The quantitative estimate of drug-likeness (QED) is 0.575. The zero-order valence-corrected chi connectivity index (χ0v) is 16.4. The van der Waals surface area contributed by atoms with Gasteiger partial charge >= 0.3 is 0 Å². The van der Waals surface area contributed by atoms with Crippen LogP contribution in [0.1, 0.15) is 10.6 Å². The van der Waals surface area contributed by atoms with Crippen molar-refractivity contribution in [3.63, 3.8) is 0 Å². The Morgan fingerprint density at radius 3 is 2.57 bits per heavy atom. The van der Waals surface area contributed by atoms with Crippen molar-refractivity contribution in [1.29, 1.82) is 5.26 Å². The number of aromatic nitrogens is 1. The Balaban J connectivity index is 1.27. The molecule has 0 atom stereocenters. The lowest BCUT2D eigenvalue weighted by Gasteiger charge is -2.28. The summed E-state index contributed by atoms with van der Waals surface area (Å²) in [6, 6.07) is 17.5. The number of benzene rings is 2. The second kappa shape index (κ2) is 8.48. The molecule has 0 unspecified atom stereocenters. The number of nitriles is 1. The Morgan fingerprint density at radius 1 is 1.07 bits per heavy atom. The molecule has 1 amide bonds. The molecule has 0 saturated carbocycles. The van der Waals surface area contributed by atoms with Crippen LogP contribution in [-0.2, 0) is 11.3 Å². The fourth-order valence-electron chi connectivity index (χ4n) is 3.63. The van der Waals surface area contributed by atoms with Crippen LogP contribution < -0.4 is 15.1 Å². The van der Waals surface area contributed by atoms with Gasteiger partial charge in [0.1, 0.15) is 43.8 Å². The van der Waals surface area contributed by atoms with Gasteiger partial charge in [-0.25, -0.2) is 4.98 Å². The third-order valence-corrected chi connectivity index (χ3v) is 6.17. The summed E-state index contributed by atoms with van der Waals surface area (Å²) in [6.45, 7) is 5.39. The predicted octanol–water partition coefficient (Wildman–Crippen LogP) is 0.0901. The number of para-hydroxylation sites is 2. The molecule has 3 aromatic rings. The third kappa shape index (κ3) is 4.37. The lowest BCUT2D eigenvalue weighted by molar-refractivity contribution is -1.01. The van der Waals surface area contributed by atoms with E-state index in [0.717, 1.165) is 38.2 Å². The first-order valence-electron chi connectivity index (χ1n) is 9.52. The highest BCUT2D eigenvalue weighted by molar-refractivity contribution is 7.18. The number of nitrogens with zero attached hydrogens (tertiary/aromatic N) is 2. The summed E-state index contributed by atoms with van der Waals surface area (Å²) in [6.07, 6.45) is 0. The zero-order chi connectivity index (χ0) is 19.3. The molecule has 0 bridgehead atoms. The maximum atomic E-state index is 12.4. The van der Waals surface area contributed by atoms with Crippen LogP contribution in [0.2, 0.25) is 0 Å². The number of amides is 1. The fraction of sp³-hybridized carbons (Fsp3) is 0.286. The lowest BCUT2D eigenvalue weighted by Crippen LogP contribution is -3.28. The van der Waals surface area contributed by atoms with Crippen molar-refractivity contribution < 1.29 is 14.6 Å². The number of carbonyl (C=O) groups excluding carboxylic acids is 1. The van der Waals surface area contributed by atoms with Crippen molar-refractivity contribution in [2.75, 3.05) is 38.0 Å². The Morgan fingerprint density at radius 2 is 1.79 bits per heavy atom. The van der Waals surface area contributed by atoms with Crippen LogP contribution in [0, 0.1) is 11.3 Å². The van der Waals surface area contributed by atoms with Gasteiger partial charge < -0.3 is 15.1 Å². The number of fused-ring (bicyclic) bond motifs is 1. The van der Waals surface area contributed by atoms with Crippen LogP contribution in [0.25, 0.3) is 10.2 Å². The molecule has 6 nitrogen and oxygen atoms in total. The van der Waals surface area contributed by atoms with Crippen LogP contribution >= 0.6 is 11.3 Å². The van der Waals surface area contributed by atoms with E-state index in [4.69, 9.17) is 10.2 Å². The molecule has 2 heterocycles. The first-order valence-corrected chi connectivity index (χ1v) is 10.3. The average molecular weight is 394 g/mol. The van der Waals surface area contributed by atoms with E-state index in [1.165, 1.54) is 19.5 Å². The molecule has 1 aliphatic rings. The van der Waals surface area contributed by atoms with Crippen LogP contribution in [0.5, 0.6) is 0 Å².